The van der Waals surface area contributed by atoms with E-state index in [1.807, 2.05) is 31.2 Å². The van der Waals surface area contributed by atoms with Crippen LogP contribution in [0.2, 0.25) is 0 Å². The molecule has 0 bridgehead atoms. The topological polar surface area (TPSA) is 52.3 Å². The number of nitrogen functional groups attached to an aromatic ring is 1. The first kappa shape index (κ1) is 13.1. The number of hydrogen-bond donors (Lipinski definition) is 1. The van der Waals surface area contributed by atoms with Crippen molar-refractivity contribution < 1.29 is 13.9 Å². The van der Waals surface area contributed by atoms with Crippen LogP contribution in [0.25, 0.3) is 0 Å². The zero-order valence-electron chi connectivity index (χ0n) is 10.5. The minimum Gasteiger partial charge on any atom is -0.457 e. The lowest BCUT2D eigenvalue weighted by Gasteiger charge is -2.06. The Morgan fingerprint density at radius 3 is 2.53 bits per heavy atom. The van der Waals surface area contributed by atoms with Crippen molar-refractivity contribution in [3.8, 4) is 0 Å². The lowest BCUT2D eigenvalue weighted by atomic mass is 10.1. The Morgan fingerprint density at radius 2 is 1.89 bits per heavy atom. The largest absolute Gasteiger partial charge is 0.457 e. The van der Waals surface area contributed by atoms with Crippen LogP contribution in [0.4, 0.5) is 10.1 Å². The van der Waals surface area contributed by atoms with E-state index in [0.717, 1.165) is 17.2 Å². The van der Waals surface area contributed by atoms with E-state index in [9.17, 15) is 9.18 Å². The molecule has 3 nitrogen and oxygen atoms in total. The third-order valence-corrected chi connectivity index (χ3v) is 2.72. The molecule has 0 aliphatic heterocycles. The summed E-state index contributed by atoms with van der Waals surface area (Å²) in [5, 5.41) is 0. The molecule has 2 aromatic carbocycles. The fourth-order valence-corrected chi connectivity index (χ4v) is 1.59. The van der Waals surface area contributed by atoms with Crippen LogP contribution >= 0.6 is 0 Å². The summed E-state index contributed by atoms with van der Waals surface area (Å²) in [6.07, 6.45) is 0. The number of rotatable bonds is 3. The number of carbonyl (C=O) groups excluding carboxylic acids is 1. The molecule has 0 atom stereocenters. The van der Waals surface area contributed by atoms with Gasteiger partial charge in [0.1, 0.15) is 12.4 Å². The summed E-state index contributed by atoms with van der Waals surface area (Å²) in [5.74, 6) is -1.07. The minimum atomic E-state index is -0.546. The van der Waals surface area contributed by atoms with Gasteiger partial charge in [-0.05, 0) is 30.7 Å². The summed E-state index contributed by atoms with van der Waals surface area (Å²) in [6, 6.07) is 11.4. The summed E-state index contributed by atoms with van der Waals surface area (Å²) in [6.45, 7) is 2.16. The number of esters is 1. The highest BCUT2D eigenvalue weighted by atomic mass is 19.1. The molecule has 0 fully saturated rings. The second-order valence-corrected chi connectivity index (χ2v) is 4.30. The Kier molecular flexibility index (Phi) is 3.80. The lowest BCUT2D eigenvalue weighted by molar-refractivity contribution is 0.0472. The second kappa shape index (κ2) is 5.52. The monoisotopic (exact) mass is 259 g/mol. The summed E-state index contributed by atoms with van der Waals surface area (Å²) in [4.78, 5) is 11.7. The number of hydrogen-bond acceptors (Lipinski definition) is 3. The first-order valence-electron chi connectivity index (χ1n) is 5.84. The van der Waals surface area contributed by atoms with Gasteiger partial charge < -0.3 is 10.5 Å². The number of aryl methyl sites for hydroxylation is 1. The predicted molar refractivity (Wildman–Crippen MR) is 71.1 cm³/mol. The second-order valence-electron chi connectivity index (χ2n) is 4.30. The average Bonchev–Trinajstić information content (AvgIpc) is 2.41. The van der Waals surface area contributed by atoms with Crippen LogP contribution in [-0.4, -0.2) is 5.97 Å². The Balaban J connectivity index is 2.01. The van der Waals surface area contributed by atoms with Crippen molar-refractivity contribution in [2.45, 2.75) is 13.5 Å². The Morgan fingerprint density at radius 1 is 1.21 bits per heavy atom. The molecule has 0 aromatic heterocycles. The third-order valence-electron chi connectivity index (χ3n) is 2.72. The highest BCUT2D eigenvalue weighted by Crippen LogP contribution is 2.14. The molecule has 98 valence electrons. The standard InChI is InChI=1S/C15H14FNO2/c1-10-2-4-11(5-3-10)9-19-15(18)12-6-7-13(16)14(17)8-12/h2-8H,9,17H2,1H3. The molecule has 0 amide bonds. The van der Waals surface area contributed by atoms with Crippen LogP contribution < -0.4 is 5.73 Å². The molecular formula is C15H14FNO2. The first-order chi connectivity index (χ1) is 9.06. The predicted octanol–water partition coefficient (Wildman–Crippen LogP) is 3.07. The summed E-state index contributed by atoms with van der Waals surface area (Å²) >= 11 is 0. The molecule has 0 spiro atoms. The van der Waals surface area contributed by atoms with Crippen molar-refractivity contribution in [2.24, 2.45) is 0 Å². The normalized spacial score (nSPS) is 10.2. The molecule has 0 saturated heterocycles. The maximum atomic E-state index is 13.0. The smallest absolute Gasteiger partial charge is 0.338 e. The van der Waals surface area contributed by atoms with E-state index in [2.05, 4.69) is 0 Å². The van der Waals surface area contributed by atoms with Crippen molar-refractivity contribution in [2.75, 3.05) is 5.73 Å². The molecule has 2 N–H and O–H groups in total. The van der Waals surface area contributed by atoms with E-state index < -0.39 is 11.8 Å². The van der Waals surface area contributed by atoms with Gasteiger partial charge in [0.2, 0.25) is 0 Å². The molecule has 0 saturated carbocycles. The molecule has 0 aliphatic rings. The SMILES string of the molecule is Cc1ccc(COC(=O)c2ccc(F)c(N)c2)cc1. The van der Waals surface area contributed by atoms with Crippen molar-refractivity contribution in [1.82, 2.24) is 0 Å². The molecule has 19 heavy (non-hydrogen) atoms. The Bertz CT molecular complexity index is 594. The van der Waals surface area contributed by atoms with Gasteiger partial charge >= 0.3 is 5.97 Å². The van der Waals surface area contributed by atoms with Gasteiger partial charge in [0, 0.05) is 0 Å². The lowest BCUT2D eigenvalue weighted by Crippen LogP contribution is -2.06. The third kappa shape index (κ3) is 3.31. The van der Waals surface area contributed by atoms with E-state index in [4.69, 9.17) is 10.5 Å². The molecular weight excluding hydrogens is 245 g/mol. The molecule has 0 radical (unpaired) electrons. The fraction of sp³-hybridized carbons (Fsp3) is 0.133. The number of benzene rings is 2. The maximum Gasteiger partial charge on any atom is 0.338 e. The molecule has 2 rings (SSSR count). The van der Waals surface area contributed by atoms with Gasteiger partial charge in [-0.1, -0.05) is 29.8 Å². The quantitative estimate of drug-likeness (QED) is 0.680. The number of carbonyl (C=O) groups is 1. The Hall–Kier alpha value is -2.36. The van der Waals surface area contributed by atoms with Gasteiger partial charge in [0.05, 0.1) is 11.3 Å². The summed E-state index contributed by atoms with van der Waals surface area (Å²) in [7, 11) is 0. The fourth-order valence-electron chi connectivity index (χ4n) is 1.59. The molecule has 0 aliphatic carbocycles. The molecule has 0 heterocycles. The van der Waals surface area contributed by atoms with Gasteiger partial charge in [-0.25, -0.2) is 9.18 Å². The van der Waals surface area contributed by atoms with Crippen LogP contribution in [0, 0.1) is 12.7 Å². The average molecular weight is 259 g/mol. The molecule has 2 aromatic rings. The molecule has 4 heteroatoms. The number of ether oxygens (including phenoxy) is 1. The maximum absolute atomic E-state index is 13.0. The van der Waals surface area contributed by atoms with E-state index >= 15 is 0 Å². The minimum absolute atomic E-state index is 0.0650. The number of nitrogens with two attached hydrogens (primary N) is 1. The van der Waals surface area contributed by atoms with Crippen LogP contribution in [0.5, 0.6) is 0 Å². The summed E-state index contributed by atoms with van der Waals surface area (Å²) < 4.78 is 18.1. The van der Waals surface area contributed by atoms with Gasteiger partial charge in [-0.3, -0.25) is 0 Å². The number of anilines is 1. The van der Waals surface area contributed by atoms with E-state index in [-0.39, 0.29) is 17.9 Å². The Labute approximate surface area is 110 Å². The van der Waals surface area contributed by atoms with Crippen LogP contribution in [0.1, 0.15) is 21.5 Å². The van der Waals surface area contributed by atoms with Crippen LogP contribution in [0.3, 0.4) is 0 Å². The zero-order chi connectivity index (χ0) is 13.8. The van der Waals surface area contributed by atoms with Gasteiger partial charge in [0.25, 0.3) is 0 Å². The van der Waals surface area contributed by atoms with E-state index in [1.165, 1.54) is 12.1 Å². The van der Waals surface area contributed by atoms with Gasteiger partial charge in [-0.15, -0.1) is 0 Å². The van der Waals surface area contributed by atoms with Crippen LogP contribution in [-0.2, 0) is 11.3 Å². The number of halogens is 1. The molecule has 0 unspecified atom stereocenters. The van der Waals surface area contributed by atoms with Crippen molar-refractivity contribution in [3.05, 3.63) is 65.0 Å². The highest BCUT2D eigenvalue weighted by Gasteiger charge is 2.09. The van der Waals surface area contributed by atoms with Gasteiger partial charge in [0.15, 0.2) is 0 Å². The van der Waals surface area contributed by atoms with Crippen molar-refractivity contribution in [3.63, 3.8) is 0 Å². The van der Waals surface area contributed by atoms with Crippen molar-refractivity contribution >= 4 is 11.7 Å². The van der Waals surface area contributed by atoms with Gasteiger partial charge in [-0.2, -0.15) is 0 Å². The highest BCUT2D eigenvalue weighted by molar-refractivity contribution is 5.90. The van der Waals surface area contributed by atoms with E-state index in [1.54, 1.807) is 0 Å². The van der Waals surface area contributed by atoms with Crippen LogP contribution in [0.15, 0.2) is 42.5 Å². The van der Waals surface area contributed by atoms with Crippen molar-refractivity contribution in [1.29, 1.82) is 0 Å². The zero-order valence-corrected chi connectivity index (χ0v) is 10.5. The van der Waals surface area contributed by atoms with E-state index in [0.29, 0.717) is 0 Å². The summed E-state index contributed by atoms with van der Waals surface area (Å²) in [5.41, 5.74) is 7.61. The first-order valence-corrected chi connectivity index (χ1v) is 5.84.